The molecule has 0 aromatic carbocycles. The standard InChI is InChI=1S/C30H50ClN5O3.C28H48ClN5O5S.2C13H20ClN5O2/c1-5-6-7-8-9-10-11-12-13-14-15-16-17-18-19-20-25(37)32-22-21-26(38)39-23-30(3,4)29-34-33-28-27(31)24(2)35-36(28)29;1-6-8-9-10-11-12-13-14-15-16-19-40(37,38)22(7-2)26(36)30-18-17-23(35)39-20-28(4,5)27-32-31-25-24(29)21(3)33-34(25)27;2*1-8-10(14)11-16-17-12(19(11)18-8)13(2,3)7-21-9(20)5-6-15-4/h12-13,35H,5-11,14-23H2,1-4H3,(H,32,37);22,33H,6-20H2,1-5H3,(H,30,36);2*15,18H,5-7H2,1-4H3/b13-12+;;;. The van der Waals surface area contributed by atoms with Crippen LogP contribution in [0.25, 0.3) is 22.6 Å². The Hall–Kier alpha value is -7.69. The van der Waals surface area contributed by atoms with Crippen LogP contribution in [-0.2, 0) is 79.2 Å². The molecule has 0 aliphatic carbocycles. The number of aromatic amines is 4. The Morgan fingerprint density at radius 1 is 0.388 bits per heavy atom. The Bertz CT molecular complexity index is 4530. The minimum atomic E-state index is -3.56. The molecule has 37 heteroatoms. The Balaban J connectivity index is 0.000000299. The van der Waals surface area contributed by atoms with Crippen LogP contribution in [0.15, 0.2) is 12.2 Å². The molecule has 680 valence electrons. The second kappa shape index (κ2) is 52.2. The van der Waals surface area contributed by atoms with Gasteiger partial charge in [0.25, 0.3) is 0 Å². The first-order chi connectivity index (χ1) is 57.4. The van der Waals surface area contributed by atoms with Gasteiger partial charge < -0.3 is 40.2 Å². The van der Waals surface area contributed by atoms with Gasteiger partial charge >= 0.3 is 23.9 Å². The Kier molecular flexibility index (Phi) is 44.8. The second-order valence-electron chi connectivity index (χ2n) is 33.7. The molecule has 0 spiro atoms. The zero-order valence-corrected chi connectivity index (χ0v) is 78.6. The number of nitrogens with zero attached hydrogens (tertiary/aromatic N) is 12. The number of carbonyl (C=O) groups excluding carboxylic acids is 6. The molecule has 0 bridgehead atoms. The highest BCUT2D eigenvalue weighted by molar-refractivity contribution is 7.92. The van der Waals surface area contributed by atoms with Crippen molar-refractivity contribution in [3.8, 4) is 0 Å². The maximum Gasteiger partial charge on any atom is 0.307 e. The SMILES string of the molecule is CCCCCCCC/C=C/CCCCCCCC(=O)NCCC(=O)OCC(C)(C)c1nnc2c(Cl)c(C)[nH]n12.CCCCCCCCCCCCS(=O)(=O)C(CC)C(=O)NCCC(=O)OCC(C)(C)c1nnc2c(Cl)c(C)[nH]n12.CNCCC(=O)OCC(C)(C)c1nnc2c(Cl)c(C)[nH]n12.CNCCC(=O)OCC(C)(C)c1nnc2c(Cl)c(C)[nH]n12. The summed E-state index contributed by atoms with van der Waals surface area (Å²) in [5, 5.41) is 57.8. The molecule has 1 unspecified atom stereocenters. The fourth-order valence-electron chi connectivity index (χ4n) is 13.2. The van der Waals surface area contributed by atoms with Crippen LogP contribution in [0.2, 0.25) is 20.1 Å². The second-order valence-corrected chi connectivity index (χ2v) is 37.6. The number of aromatic nitrogens is 16. The van der Waals surface area contributed by atoms with E-state index in [0.29, 0.717) is 105 Å². The maximum atomic E-state index is 12.8. The minimum absolute atomic E-state index is 0.00296. The number of rotatable bonds is 53. The lowest BCUT2D eigenvalue weighted by atomic mass is 9.94. The van der Waals surface area contributed by atoms with E-state index in [-0.39, 0.29) is 88.3 Å². The van der Waals surface area contributed by atoms with E-state index < -0.39 is 48.6 Å². The average Bonchev–Trinajstić information content (AvgIpc) is 1.64. The molecule has 8 N–H and O–H groups in total. The van der Waals surface area contributed by atoms with Crippen molar-refractivity contribution in [1.29, 1.82) is 0 Å². The summed E-state index contributed by atoms with van der Waals surface area (Å²) in [6, 6.07) is 0. The van der Waals surface area contributed by atoms with E-state index in [1.807, 2.05) is 83.1 Å². The third-order valence-electron chi connectivity index (χ3n) is 20.7. The first-order valence-corrected chi connectivity index (χ1v) is 46.4. The van der Waals surface area contributed by atoms with Crippen LogP contribution >= 0.6 is 46.4 Å². The lowest BCUT2D eigenvalue weighted by Gasteiger charge is -2.21. The number of sulfone groups is 1. The van der Waals surface area contributed by atoms with Gasteiger partial charge in [-0.3, -0.25) is 49.2 Å². The van der Waals surface area contributed by atoms with E-state index in [2.05, 4.69) is 108 Å². The summed E-state index contributed by atoms with van der Waals surface area (Å²) in [5.41, 5.74) is 3.25. The lowest BCUT2D eigenvalue weighted by Crippen LogP contribution is -2.41. The molecular formula is C84H138Cl4N20O12S. The van der Waals surface area contributed by atoms with E-state index in [9.17, 15) is 37.2 Å². The van der Waals surface area contributed by atoms with Gasteiger partial charge in [0.15, 0.2) is 55.7 Å². The van der Waals surface area contributed by atoms with Crippen LogP contribution in [0.5, 0.6) is 0 Å². The molecule has 1 atom stereocenters. The molecule has 8 aromatic rings. The number of esters is 4. The third-order valence-corrected chi connectivity index (χ3v) is 24.7. The average molecular weight is 1790 g/mol. The van der Waals surface area contributed by atoms with Gasteiger partial charge in [0.05, 0.1) is 75.9 Å². The molecule has 32 nitrogen and oxygen atoms in total. The third kappa shape index (κ3) is 33.4. The van der Waals surface area contributed by atoms with Crippen LogP contribution in [0, 0.1) is 27.7 Å². The highest BCUT2D eigenvalue weighted by atomic mass is 35.5. The quantitative estimate of drug-likeness (QED) is 0.00759. The van der Waals surface area contributed by atoms with E-state index in [4.69, 9.17) is 65.4 Å². The summed E-state index contributed by atoms with van der Waals surface area (Å²) in [5.74, 6) is 0.653. The first-order valence-electron chi connectivity index (χ1n) is 43.1. The highest BCUT2D eigenvalue weighted by Crippen LogP contribution is 2.32. The number of ether oxygens (including phenoxy) is 4. The molecule has 0 saturated heterocycles. The number of hydrogen-bond acceptors (Lipinski definition) is 22. The summed E-state index contributed by atoms with van der Waals surface area (Å²) in [4.78, 5) is 72.5. The topological polar surface area (TPSA) is 406 Å². The van der Waals surface area contributed by atoms with Crippen molar-refractivity contribution in [3.63, 3.8) is 0 Å². The normalized spacial score (nSPS) is 12.4. The summed E-state index contributed by atoms with van der Waals surface area (Å²) >= 11 is 24.7. The van der Waals surface area contributed by atoms with Crippen molar-refractivity contribution >= 4 is 115 Å². The predicted molar refractivity (Wildman–Crippen MR) is 476 cm³/mol. The van der Waals surface area contributed by atoms with Crippen LogP contribution in [-0.4, -0.2) is 201 Å². The van der Waals surface area contributed by atoms with Gasteiger partial charge in [0.1, 0.15) is 51.8 Å². The van der Waals surface area contributed by atoms with Gasteiger partial charge in [-0.1, -0.05) is 188 Å². The smallest absolute Gasteiger partial charge is 0.307 e. The zero-order valence-electron chi connectivity index (χ0n) is 74.8. The molecule has 8 rings (SSSR count). The monoisotopic (exact) mass is 1790 g/mol. The van der Waals surface area contributed by atoms with Gasteiger partial charge in [0.2, 0.25) is 11.8 Å². The number of fused-ring (bicyclic) bond motifs is 4. The number of H-pyrrole nitrogens is 4. The van der Waals surface area contributed by atoms with Gasteiger partial charge in [-0.05, 0) is 142 Å². The largest absolute Gasteiger partial charge is 0.465 e. The fraction of sp³-hybridized carbons (Fsp3) is 0.714. The molecular weight excluding hydrogens is 1650 g/mol. The fourth-order valence-corrected chi connectivity index (χ4v) is 15.6. The van der Waals surface area contributed by atoms with E-state index in [1.165, 1.54) is 96.3 Å². The van der Waals surface area contributed by atoms with Crippen molar-refractivity contribution in [1.82, 2.24) is 101 Å². The molecule has 0 radical (unpaired) electrons. The number of unbranched alkanes of at least 4 members (excludes halogenated alkanes) is 20. The number of allylic oxidation sites excluding steroid dienone is 2. The van der Waals surface area contributed by atoms with Crippen LogP contribution in [0.1, 0.15) is 308 Å². The van der Waals surface area contributed by atoms with Crippen molar-refractivity contribution in [2.45, 2.75) is 317 Å². The van der Waals surface area contributed by atoms with Gasteiger partial charge in [-0.2, -0.15) is 0 Å². The summed E-state index contributed by atoms with van der Waals surface area (Å²) in [6.07, 6.45) is 33.3. The molecule has 121 heavy (non-hydrogen) atoms. The van der Waals surface area contributed by atoms with Gasteiger partial charge in [0, 0.05) is 32.6 Å². The number of halogens is 4. The molecule has 8 heterocycles. The number of amides is 2. The van der Waals surface area contributed by atoms with E-state index in [1.54, 1.807) is 39.1 Å². The highest BCUT2D eigenvalue weighted by Gasteiger charge is 2.36. The summed E-state index contributed by atoms with van der Waals surface area (Å²) in [6.45, 7) is 31.1. The predicted octanol–water partition coefficient (Wildman–Crippen LogP) is 15.7. The summed E-state index contributed by atoms with van der Waals surface area (Å²) < 4.78 is 54.0. The van der Waals surface area contributed by atoms with Gasteiger partial charge in [-0.15, -0.1) is 40.8 Å². The van der Waals surface area contributed by atoms with E-state index in [0.717, 1.165) is 67.7 Å². The molecule has 0 aliphatic heterocycles. The van der Waals surface area contributed by atoms with Crippen molar-refractivity contribution in [2.75, 3.05) is 72.5 Å². The van der Waals surface area contributed by atoms with Crippen LogP contribution in [0.4, 0.5) is 0 Å². The number of aryl methyl sites for hydroxylation is 4. The molecule has 0 saturated carbocycles. The molecule has 0 fully saturated rings. The lowest BCUT2D eigenvalue weighted by molar-refractivity contribution is -0.146. The Labute approximate surface area is 734 Å². The first kappa shape index (κ1) is 104. The minimum Gasteiger partial charge on any atom is -0.465 e. The van der Waals surface area contributed by atoms with Gasteiger partial charge in [-0.25, -0.2) is 26.5 Å². The summed E-state index contributed by atoms with van der Waals surface area (Å²) in [7, 11) is 0.0264. The molecule has 2 amide bonds. The zero-order chi connectivity index (χ0) is 89.5. The van der Waals surface area contributed by atoms with Crippen molar-refractivity contribution in [2.24, 2.45) is 0 Å². The molecule has 0 aliphatic rings. The van der Waals surface area contributed by atoms with Crippen LogP contribution < -0.4 is 21.3 Å². The maximum absolute atomic E-state index is 12.8. The number of hydrogen-bond donors (Lipinski definition) is 8. The Morgan fingerprint density at radius 2 is 0.661 bits per heavy atom. The van der Waals surface area contributed by atoms with E-state index >= 15 is 0 Å². The molecule has 8 aromatic heterocycles. The number of nitrogens with one attached hydrogen (secondary N) is 8. The van der Waals surface area contributed by atoms with Crippen molar-refractivity contribution < 1.29 is 56.1 Å². The van der Waals surface area contributed by atoms with Crippen LogP contribution in [0.3, 0.4) is 0 Å². The Morgan fingerprint density at radius 3 is 0.959 bits per heavy atom. The van der Waals surface area contributed by atoms with Crippen molar-refractivity contribution in [3.05, 3.63) is 78.3 Å². The number of carbonyl (C=O) groups is 6.